The Hall–Kier alpha value is -1.35. The lowest BCUT2D eigenvalue weighted by Gasteiger charge is -2.42. The van der Waals surface area contributed by atoms with Gasteiger partial charge in [0.15, 0.2) is 0 Å². The number of carbonyl (C=O) groups excluding carboxylic acids is 1. The van der Waals surface area contributed by atoms with E-state index in [9.17, 15) is 4.79 Å². The van der Waals surface area contributed by atoms with Crippen molar-refractivity contribution in [1.29, 1.82) is 0 Å². The summed E-state index contributed by atoms with van der Waals surface area (Å²) in [4.78, 5) is 17.5. The zero-order valence-corrected chi connectivity index (χ0v) is 12.9. The van der Waals surface area contributed by atoms with Gasteiger partial charge in [-0.3, -0.25) is 9.69 Å². The summed E-state index contributed by atoms with van der Waals surface area (Å²) in [5, 5.41) is 10.6. The van der Waals surface area contributed by atoms with Crippen LogP contribution in [0.2, 0.25) is 0 Å². The Morgan fingerprint density at radius 2 is 2.10 bits per heavy atom. The fraction of sp³-hybridized carbons (Fsp3) is 0.533. The van der Waals surface area contributed by atoms with Gasteiger partial charge in [-0.25, -0.2) is 0 Å². The molecule has 2 unspecified atom stereocenters. The maximum absolute atomic E-state index is 12.6. The maximum Gasteiger partial charge on any atom is 0.265 e. The SMILES string of the molecule is CC1CN(C(=O)c2sccc2C#CCO)CC(C)N1C. The first-order valence-corrected chi connectivity index (χ1v) is 7.61. The first kappa shape index (κ1) is 15.0. The van der Waals surface area contributed by atoms with Crippen molar-refractivity contribution in [3.8, 4) is 11.8 Å². The Morgan fingerprint density at radius 3 is 2.70 bits per heavy atom. The molecule has 1 N–H and O–H groups in total. The van der Waals surface area contributed by atoms with Crippen LogP contribution in [0, 0.1) is 11.8 Å². The molecule has 1 saturated heterocycles. The lowest BCUT2D eigenvalue weighted by Crippen LogP contribution is -2.56. The van der Waals surface area contributed by atoms with Crippen LogP contribution in [0.5, 0.6) is 0 Å². The van der Waals surface area contributed by atoms with Crippen LogP contribution in [0.1, 0.15) is 29.1 Å². The van der Waals surface area contributed by atoms with Crippen LogP contribution < -0.4 is 0 Å². The third-order valence-electron chi connectivity index (χ3n) is 3.81. The molecule has 5 heteroatoms. The summed E-state index contributed by atoms with van der Waals surface area (Å²) in [7, 11) is 2.10. The monoisotopic (exact) mass is 292 g/mol. The van der Waals surface area contributed by atoms with E-state index in [0.29, 0.717) is 22.5 Å². The zero-order valence-electron chi connectivity index (χ0n) is 12.1. The number of likely N-dealkylation sites (N-methyl/N-ethyl adjacent to an activating group) is 1. The van der Waals surface area contributed by atoms with Crippen molar-refractivity contribution >= 4 is 17.2 Å². The predicted octanol–water partition coefficient (Wildman–Crippen LogP) is 1.26. The molecule has 20 heavy (non-hydrogen) atoms. The number of nitrogens with zero attached hydrogens (tertiary/aromatic N) is 2. The zero-order chi connectivity index (χ0) is 14.7. The predicted molar refractivity (Wildman–Crippen MR) is 80.9 cm³/mol. The van der Waals surface area contributed by atoms with E-state index in [1.807, 2.05) is 16.3 Å². The van der Waals surface area contributed by atoms with Crippen molar-refractivity contribution in [3.05, 3.63) is 21.9 Å². The molecule has 0 aromatic carbocycles. The highest BCUT2D eigenvalue weighted by Gasteiger charge is 2.30. The second-order valence-corrected chi connectivity index (χ2v) is 6.11. The summed E-state index contributed by atoms with van der Waals surface area (Å²) >= 11 is 1.42. The molecule has 1 amide bonds. The van der Waals surface area contributed by atoms with Gasteiger partial charge in [-0.1, -0.05) is 11.8 Å². The molecular formula is C15H20N2O2S. The van der Waals surface area contributed by atoms with Crippen LogP contribution in [0.3, 0.4) is 0 Å². The lowest BCUT2D eigenvalue weighted by atomic mass is 10.1. The summed E-state index contributed by atoms with van der Waals surface area (Å²) in [5.74, 6) is 5.50. The minimum absolute atomic E-state index is 0.0500. The van der Waals surface area contributed by atoms with Gasteiger partial charge in [0, 0.05) is 30.7 Å². The van der Waals surface area contributed by atoms with E-state index in [1.54, 1.807) is 0 Å². The molecule has 1 fully saturated rings. The number of piperazine rings is 1. The molecule has 1 aliphatic rings. The summed E-state index contributed by atoms with van der Waals surface area (Å²) in [6.07, 6.45) is 0. The van der Waals surface area contributed by atoms with Crippen LogP contribution in [0.25, 0.3) is 0 Å². The summed E-state index contributed by atoms with van der Waals surface area (Å²) < 4.78 is 0. The fourth-order valence-electron chi connectivity index (χ4n) is 2.42. The van der Waals surface area contributed by atoms with E-state index in [-0.39, 0.29) is 12.5 Å². The number of carbonyl (C=O) groups is 1. The molecule has 0 aliphatic carbocycles. The van der Waals surface area contributed by atoms with Crippen LogP contribution in [0.4, 0.5) is 0 Å². The number of aliphatic hydroxyl groups is 1. The first-order valence-electron chi connectivity index (χ1n) is 6.73. The largest absolute Gasteiger partial charge is 0.384 e. The van der Waals surface area contributed by atoms with Gasteiger partial charge in [-0.05, 0) is 32.3 Å². The highest BCUT2D eigenvalue weighted by Crippen LogP contribution is 2.21. The molecule has 0 radical (unpaired) electrons. The standard InChI is InChI=1S/C15H20N2O2S/c1-11-9-17(10-12(2)16(11)3)15(19)14-13(5-4-7-18)6-8-20-14/h6,8,11-12,18H,7,9-10H2,1-3H3. The second-order valence-electron chi connectivity index (χ2n) is 5.20. The van der Waals surface area contributed by atoms with Crippen molar-refractivity contribution in [3.63, 3.8) is 0 Å². The Bertz CT molecular complexity index is 532. The number of amides is 1. The Morgan fingerprint density at radius 1 is 1.45 bits per heavy atom. The average Bonchev–Trinajstić information content (AvgIpc) is 2.89. The van der Waals surface area contributed by atoms with Gasteiger partial charge in [0.1, 0.15) is 11.5 Å². The Balaban J connectivity index is 2.18. The molecule has 1 aromatic rings. The number of hydrogen-bond donors (Lipinski definition) is 1. The topological polar surface area (TPSA) is 43.8 Å². The van der Waals surface area contributed by atoms with E-state index < -0.39 is 0 Å². The molecule has 108 valence electrons. The summed E-state index contributed by atoms with van der Waals surface area (Å²) in [6, 6.07) is 2.55. The molecule has 2 atom stereocenters. The number of hydrogen-bond acceptors (Lipinski definition) is 4. The van der Waals surface area contributed by atoms with E-state index in [2.05, 4.69) is 37.6 Å². The van der Waals surface area contributed by atoms with Gasteiger partial charge in [0.2, 0.25) is 0 Å². The van der Waals surface area contributed by atoms with Crippen molar-refractivity contribution in [2.24, 2.45) is 0 Å². The second kappa shape index (κ2) is 6.40. The molecule has 1 aliphatic heterocycles. The molecule has 2 rings (SSSR count). The van der Waals surface area contributed by atoms with Crippen molar-refractivity contribution in [2.75, 3.05) is 26.7 Å². The lowest BCUT2D eigenvalue weighted by molar-refractivity contribution is 0.0418. The Kier molecular flexibility index (Phi) is 4.81. The molecule has 2 heterocycles. The van der Waals surface area contributed by atoms with Gasteiger partial charge in [-0.2, -0.15) is 0 Å². The van der Waals surface area contributed by atoms with E-state index in [4.69, 9.17) is 5.11 Å². The Labute approximate surface area is 124 Å². The van der Waals surface area contributed by atoms with Crippen LogP contribution >= 0.6 is 11.3 Å². The normalized spacial score (nSPS) is 23.3. The minimum Gasteiger partial charge on any atom is -0.384 e. The summed E-state index contributed by atoms with van der Waals surface area (Å²) in [6.45, 7) is 5.56. The van der Waals surface area contributed by atoms with Crippen molar-refractivity contribution < 1.29 is 9.90 Å². The van der Waals surface area contributed by atoms with E-state index in [1.165, 1.54) is 11.3 Å². The summed E-state index contributed by atoms with van der Waals surface area (Å²) in [5.41, 5.74) is 0.716. The van der Waals surface area contributed by atoms with Crippen LogP contribution in [0.15, 0.2) is 11.4 Å². The van der Waals surface area contributed by atoms with Gasteiger partial charge in [0.05, 0.1) is 0 Å². The molecule has 0 saturated carbocycles. The highest BCUT2D eigenvalue weighted by atomic mass is 32.1. The molecular weight excluding hydrogens is 272 g/mol. The third kappa shape index (κ3) is 3.04. The number of rotatable bonds is 1. The van der Waals surface area contributed by atoms with E-state index in [0.717, 1.165) is 13.1 Å². The quantitative estimate of drug-likeness (QED) is 0.793. The number of aliphatic hydroxyl groups excluding tert-OH is 1. The van der Waals surface area contributed by atoms with Crippen LogP contribution in [-0.2, 0) is 0 Å². The number of thiophene rings is 1. The van der Waals surface area contributed by atoms with E-state index >= 15 is 0 Å². The van der Waals surface area contributed by atoms with Crippen molar-refractivity contribution in [2.45, 2.75) is 25.9 Å². The molecule has 4 nitrogen and oxygen atoms in total. The van der Waals surface area contributed by atoms with Gasteiger partial charge >= 0.3 is 0 Å². The van der Waals surface area contributed by atoms with Gasteiger partial charge in [-0.15, -0.1) is 11.3 Å². The first-order chi connectivity index (χ1) is 9.54. The molecule has 0 bridgehead atoms. The fourth-order valence-corrected chi connectivity index (χ4v) is 3.24. The highest BCUT2D eigenvalue weighted by molar-refractivity contribution is 7.12. The molecule has 1 aromatic heterocycles. The van der Waals surface area contributed by atoms with Gasteiger partial charge < -0.3 is 10.0 Å². The van der Waals surface area contributed by atoms with Crippen LogP contribution in [-0.4, -0.2) is 59.6 Å². The maximum atomic E-state index is 12.6. The molecule has 0 spiro atoms. The van der Waals surface area contributed by atoms with Gasteiger partial charge in [0.25, 0.3) is 5.91 Å². The average molecular weight is 292 g/mol. The van der Waals surface area contributed by atoms with Crippen molar-refractivity contribution in [1.82, 2.24) is 9.80 Å². The third-order valence-corrected chi connectivity index (χ3v) is 4.71. The smallest absolute Gasteiger partial charge is 0.265 e. The minimum atomic E-state index is -0.188.